The molecule has 3 N–H and O–H groups in total. The number of rotatable bonds is 4. The Balaban J connectivity index is 1.25. The molecule has 192 valence electrons. The highest BCUT2D eigenvalue weighted by atomic mass is 32.2. The molecular formula is C28H30N4O4S. The molecule has 37 heavy (non-hydrogen) atoms. The number of carbonyl (C=O) groups is 2. The zero-order valence-corrected chi connectivity index (χ0v) is 21.4. The van der Waals surface area contributed by atoms with Crippen LogP contribution in [0.2, 0.25) is 0 Å². The number of benzene rings is 2. The van der Waals surface area contributed by atoms with Crippen LogP contribution in [-0.4, -0.2) is 61.5 Å². The first-order valence-corrected chi connectivity index (χ1v) is 14.3. The number of hydrogen-bond donors (Lipinski definition) is 2. The molecule has 3 aliphatic heterocycles. The van der Waals surface area contributed by atoms with E-state index in [1.165, 1.54) is 19.3 Å². The largest absolute Gasteiger partial charge is 0.398 e. The fourth-order valence-electron chi connectivity index (χ4n) is 6.04. The minimum atomic E-state index is -3.63. The number of nitrogens with zero attached hydrogens (tertiary/aromatic N) is 2. The molecule has 0 bridgehead atoms. The molecule has 3 heterocycles. The first-order valence-electron chi connectivity index (χ1n) is 12.9. The summed E-state index contributed by atoms with van der Waals surface area (Å²) in [6.45, 7) is 3.25. The average Bonchev–Trinajstić information content (AvgIpc) is 3.30. The maximum Gasteiger partial charge on any atom is 0.258 e. The molecule has 2 aromatic carbocycles. The van der Waals surface area contributed by atoms with Crippen molar-refractivity contribution in [3.8, 4) is 0 Å². The minimum Gasteiger partial charge on any atom is -0.398 e. The third-order valence-corrected chi connectivity index (χ3v) is 9.95. The van der Waals surface area contributed by atoms with E-state index in [1.807, 2.05) is 0 Å². The third kappa shape index (κ3) is 4.02. The van der Waals surface area contributed by atoms with E-state index in [4.69, 9.17) is 5.73 Å². The molecular weight excluding hydrogens is 488 g/mol. The van der Waals surface area contributed by atoms with Gasteiger partial charge < -0.3 is 16.0 Å². The van der Waals surface area contributed by atoms with Crippen LogP contribution in [0.25, 0.3) is 11.4 Å². The lowest BCUT2D eigenvalue weighted by atomic mass is 9.84. The summed E-state index contributed by atoms with van der Waals surface area (Å²) in [7, 11) is -3.63. The molecule has 0 unspecified atom stereocenters. The summed E-state index contributed by atoms with van der Waals surface area (Å²) in [4.78, 5) is 28.8. The van der Waals surface area contributed by atoms with Gasteiger partial charge in [0.25, 0.3) is 5.91 Å². The first-order chi connectivity index (χ1) is 17.9. The number of carbonyl (C=O) groups excluding carboxylic acids is 2. The normalized spacial score (nSPS) is 21.7. The van der Waals surface area contributed by atoms with Crippen molar-refractivity contribution < 1.29 is 18.0 Å². The van der Waals surface area contributed by atoms with Crippen LogP contribution in [-0.2, 0) is 14.8 Å². The number of hydrogen-bond acceptors (Lipinski definition) is 6. The van der Waals surface area contributed by atoms with Crippen LogP contribution in [0.3, 0.4) is 0 Å². The molecule has 0 radical (unpaired) electrons. The van der Waals surface area contributed by atoms with Gasteiger partial charge in [-0.25, -0.2) is 8.42 Å². The standard InChI is InChI=1S/C28H30N4O4S/c29-25-21-6-2-3-7-22(21)27(33)24-23(25)28(34)30-26(24)18-8-10-20(11-9-18)37(35,36)32-16-12-19(13-17-32)31-14-4-1-5-15-31/h2-3,6-11,19H,1,4-5,12-17,29H2,(H,30,34). The van der Waals surface area contributed by atoms with Crippen molar-refractivity contribution in [2.75, 3.05) is 26.2 Å². The van der Waals surface area contributed by atoms with Crippen molar-refractivity contribution in [3.63, 3.8) is 0 Å². The highest BCUT2D eigenvalue weighted by molar-refractivity contribution is 7.89. The van der Waals surface area contributed by atoms with Crippen LogP contribution in [0, 0.1) is 0 Å². The van der Waals surface area contributed by atoms with Gasteiger partial charge in [-0.05, 0) is 56.5 Å². The summed E-state index contributed by atoms with van der Waals surface area (Å²) in [5.74, 6) is -0.708. The van der Waals surface area contributed by atoms with Crippen LogP contribution in [0.5, 0.6) is 0 Å². The Kier molecular flexibility index (Phi) is 6.01. The molecule has 0 spiro atoms. The van der Waals surface area contributed by atoms with E-state index in [9.17, 15) is 18.0 Å². The predicted octanol–water partition coefficient (Wildman–Crippen LogP) is 2.73. The fourth-order valence-corrected chi connectivity index (χ4v) is 7.51. The Morgan fingerprint density at radius 3 is 2.14 bits per heavy atom. The number of nitrogens with two attached hydrogens (primary N) is 1. The molecule has 9 heteroatoms. The Morgan fingerprint density at radius 1 is 0.811 bits per heavy atom. The van der Waals surface area contributed by atoms with Crippen molar-refractivity contribution in [3.05, 3.63) is 76.4 Å². The molecule has 8 nitrogen and oxygen atoms in total. The summed E-state index contributed by atoms with van der Waals surface area (Å²) in [6.07, 6.45) is 5.44. The van der Waals surface area contributed by atoms with Gasteiger partial charge in [0.15, 0.2) is 5.78 Å². The molecule has 2 saturated heterocycles. The van der Waals surface area contributed by atoms with E-state index < -0.39 is 15.9 Å². The molecule has 1 amide bonds. The van der Waals surface area contributed by atoms with Gasteiger partial charge in [-0.1, -0.05) is 42.8 Å². The van der Waals surface area contributed by atoms with E-state index in [2.05, 4.69) is 10.2 Å². The number of ketones is 1. The zero-order valence-electron chi connectivity index (χ0n) is 20.6. The van der Waals surface area contributed by atoms with Crippen molar-refractivity contribution in [1.82, 2.24) is 14.5 Å². The highest BCUT2D eigenvalue weighted by Crippen LogP contribution is 2.39. The number of sulfonamides is 1. The average molecular weight is 519 g/mol. The van der Waals surface area contributed by atoms with Gasteiger partial charge in [0.1, 0.15) is 0 Å². The summed E-state index contributed by atoms with van der Waals surface area (Å²) in [6, 6.07) is 13.8. The molecule has 2 fully saturated rings. The van der Waals surface area contributed by atoms with Crippen LogP contribution >= 0.6 is 0 Å². The van der Waals surface area contributed by atoms with Crippen LogP contribution < -0.4 is 11.1 Å². The molecule has 0 saturated carbocycles. The van der Waals surface area contributed by atoms with Gasteiger partial charge in [-0.3, -0.25) is 9.59 Å². The third-order valence-electron chi connectivity index (χ3n) is 8.04. The lowest BCUT2D eigenvalue weighted by molar-refractivity contribution is -0.115. The molecule has 0 atom stereocenters. The zero-order chi connectivity index (χ0) is 25.7. The van der Waals surface area contributed by atoms with E-state index in [0.29, 0.717) is 41.5 Å². The van der Waals surface area contributed by atoms with Crippen molar-refractivity contribution >= 4 is 33.1 Å². The topological polar surface area (TPSA) is 113 Å². The lowest BCUT2D eigenvalue weighted by Crippen LogP contribution is -2.48. The van der Waals surface area contributed by atoms with Crippen molar-refractivity contribution in [2.45, 2.75) is 43.0 Å². The second kappa shape index (κ2) is 9.24. The van der Waals surface area contributed by atoms with E-state index >= 15 is 0 Å². The van der Waals surface area contributed by atoms with Crippen molar-refractivity contribution in [1.29, 1.82) is 0 Å². The van der Waals surface area contributed by atoms with E-state index in [-0.39, 0.29) is 27.5 Å². The monoisotopic (exact) mass is 518 g/mol. The predicted molar refractivity (Wildman–Crippen MR) is 141 cm³/mol. The Hall–Kier alpha value is -3.27. The van der Waals surface area contributed by atoms with Crippen molar-refractivity contribution in [2.24, 2.45) is 5.73 Å². The van der Waals surface area contributed by atoms with Gasteiger partial charge in [-0.2, -0.15) is 4.31 Å². The second-order valence-corrected chi connectivity index (χ2v) is 12.1. The highest BCUT2D eigenvalue weighted by Gasteiger charge is 2.40. The Morgan fingerprint density at radius 2 is 1.46 bits per heavy atom. The number of Topliss-reactive ketones (excluding diaryl/α,β-unsaturated/α-hetero) is 1. The van der Waals surface area contributed by atoms with Gasteiger partial charge in [0, 0.05) is 30.3 Å². The van der Waals surface area contributed by atoms with E-state index in [0.717, 1.165) is 25.9 Å². The summed E-state index contributed by atoms with van der Waals surface area (Å²) < 4.78 is 28.3. The number of fused-ring (bicyclic) bond motifs is 2. The van der Waals surface area contributed by atoms with E-state index in [1.54, 1.807) is 52.8 Å². The quantitative estimate of drug-likeness (QED) is 0.644. The second-order valence-electron chi connectivity index (χ2n) is 10.1. The molecule has 4 aliphatic rings. The van der Waals surface area contributed by atoms with Crippen LogP contribution in [0.15, 0.2) is 64.6 Å². The van der Waals surface area contributed by atoms with Crippen LogP contribution in [0.4, 0.5) is 0 Å². The molecule has 2 aromatic rings. The van der Waals surface area contributed by atoms with Gasteiger partial charge in [-0.15, -0.1) is 0 Å². The van der Waals surface area contributed by atoms with Gasteiger partial charge in [0.2, 0.25) is 10.0 Å². The number of likely N-dealkylation sites (tertiary alicyclic amines) is 1. The molecule has 0 aromatic heterocycles. The maximum absolute atomic E-state index is 13.4. The summed E-state index contributed by atoms with van der Waals surface area (Å²) >= 11 is 0. The summed E-state index contributed by atoms with van der Waals surface area (Å²) in [5.41, 5.74) is 8.87. The van der Waals surface area contributed by atoms with Gasteiger partial charge in [0.05, 0.1) is 27.4 Å². The summed E-state index contributed by atoms with van der Waals surface area (Å²) in [5, 5.41) is 2.78. The fraction of sp³-hybridized carbons (Fsp3) is 0.357. The number of amides is 1. The minimum absolute atomic E-state index is 0.173. The number of piperidine rings is 2. The smallest absolute Gasteiger partial charge is 0.258 e. The molecule has 1 aliphatic carbocycles. The SMILES string of the molecule is NC1=C2C(=O)NC(c3ccc(S(=O)(=O)N4CCC(N5CCCCC5)CC4)cc3)=C2C(=O)c2ccccc21. The lowest BCUT2D eigenvalue weighted by Gasteiger charge is -2.39. The van der Waals surface area contributed by atoms with Gasteiger partial charge >= 0.3 is 0 Å². The maximum atomic E-state index is 13.4. The molecule has 6 rings (SSSR count). The number of nitrogens with one attached hydrogen (secondary N) is 1. The Bertz CT molecular complexity index is 1450. The van der Waals surface area contributed by atoms with Crippen LogP contribution in [0.1, 0.15) is 53.6 Å². The Labute approximate surface area is 216 Å². The first kappa shape index (κ1) is 24.1.